The summed E-state index contributed by atoms with van der Waals surface area (Å²) in [7, 11) is 0. The fourth-order valence-electron chi connectivity index (χ4n) is 1.91. The van der Waals surface area contributed by atoms with E-state index in [1.165, 1.54) is 16.7 Å². The summed E-state index contributed by atoms with van der Waals surface area (Å²) in [6, 6.07) is 4.20. The highest BCUT2D eigenvalue weighted by Crippen LogP contribution is 2.31. The summed E-state index contributed by atoms with van der Waals surface area (Å²) in [5.41, 5.74) is 0.595. The number of thioether (sulfide) groups is 1. The van der Waals surface area contributed by atoms with E-state index in [2.05, 4.69) is 37.2 Å². The largest absolute Gasteiger partial charge is 0.480 e. The van der Waals surface area contributed by atoms with Crippen molar-refractivity contribution in [2.75, 3.05) is 11.1 Å². The molecule has 1 heterocycles. The standard InChI is InChI=1S/C12H12Br2N2O3S/c1-6-16(10(5-20-6)11(17)18)12(19)15-9-4-7(13)2-3-8(9)14/h2-4,6,10H,5H2,1H3,(H,15,19)(H,17,18). The van der Waals surface area contributed by atoms with E-state index in [-0.39, 0.29) is 5.37 Å². The fraction of sp³-hybridized carbons (Fsp3) is 0.333. The van der Waals surface area contributed by atoms with E-state index in [9.17, 15) is 9.59 Å². The number of hydrogen-bond acceptors (Lipinski definition) is 3. The van der Waals surface area contributed by atoms with E-state index in [0.717, 1.165) is 8.95 Å². The summed E-state index contributed by atoms with van der Waals surface area (Å²) >= 11 is 8.14. The van der Waals surface area contributed by atoms with Crippen molar-refractivity contribution in [1.29, 1.82) is 0 Å². The first-order valence-electron chi connectivity index (χ1n) is 5.79. The summed E-state index contributed by atoms with van der Waals surface area (Å²) in [5.74, 6) is -0.575. The molecule has 2 atom stereocenters. The molecule has 1 saturated heterocycles. The maximum Gasteiger partial charge on any atom is 0.327 e. The van der Waals surface area contributed by atoms with E-state index in [0.29, 0.717) is 11.4 Å². The molecule has 0 spiro atoms. The molecule has 2 N–H and O–H groups in total. The normalized spacial score (nSPS) is 21.9. The number of hydrogen-bond donors (Lipinski definition) is 2. The summed E-state index contributed by atoms with van der Waals surface area (Å²) in [4.78, 5) is 24.9. The van der Waals surface area contributed by atoms with Crippen LogP contribution in [0.4, 0.5) is 10.5 Å². The Hall–Kier alpha value is -0.730. The lowest BCUT2D eigenvalue weighted by Gasteiger charge is -2.25. The first-order chi connectivity index (χ1) is 9.40. The molecule has 0 saturated carbocycles. The molecule has 108 valence electrons. The second-order valence-electron chi connectivity index (χ2n) is 4.25. The van der Waals surface area contributed by atoms with Gasteiger partial charge in [0, 0.05) is 14.7 Å². The molecule has 8 heteroatoms. The van der Waals surface area contributed by atoms with Gasteiger partial charge in [0.2, 0.25) is 0 Å². The molecule has 20 heavy (non-hydrogen) atoms. The Labute approximate surface area is 137 Å². The first-order valence-corrected chi connectivity index (χ1v) is 8.42. The number of amides is 2. The zero-order chi connectivity index (χ0) is 14.9. The summed E-state index contributed by atoms with van der Waals surface area (Å²) in [6.45, 7) is 1.82. The molecule has 0 aromatic heterocycles. The van der Waals surface area contributed by atoms with Gasteiger partial charge in [-0.25, -0.2) is 9.59 Å². The summed E-state index contributed by atoms with van der Waals surface area (Å²) in [5, 5.41) is 11.7. The molecular weight excluding hydrogens is 412 g/mol. The molecule has 2 rings (SSSR count). The average molecular weight is 424 g/mol. The molecule has 2 unspecified atom stereocenters. The molecule has 1 aliphatic heterocycles. The number of carbonyl (C=O) groups is 2. The predicted molar refractivity (Wildman–Crippen MR) is 86.0 cm³/mol. The molecule has 1 aromatic carbocycles. The van der Waals surface area contributed by atoms with Crippen LogP contribution in [0.1, 0.15) is 6.92 Å². The van der Waals surface area contributed by atoms with Crippen LogP contribution in [0.15, 0.2) is 27.1 Å². The second kappa shape index (κ2) is 6.36. The highest BCUT2D eigenvalue weighted by molar-refractivity contribution is 9.11. The third kappa shape index (κ3) is 3.29. The Morgan fingerprint density at radius 3 is 2.80 bits per heavy atom. The maximum atomic E-state index is 12.3. The number of benzene rings is 1. The van der Waals surface area contributed by atoms with E-state index in [1.807, 2.05) is 13.0 Å². The highest BCUT2D eigenvalue weighted by atomic mass is 79.9. The van der Waals surface area contributed by atoms with E-state index >= 15 is 0 Å². The van der Waals surface area contributed by atoms with Crippen LogP contribution in [-0.2, 0) is 4.79 Å². The maximum absolute atomic E-state index is 12.3. The molecule has 0 radical (unpaired) electrons. The van der Waals surface area contributed by atoms with Crippen LogP contribution in [0.25, 0.3) is 0 Å². The third-order valence-corrected chi connectivity index (χ3v) is 5.31. The molecule has 2 amide bonds. The van der Waals surface area contributed by atoms with Crippen molar-refractivity contribution in [3.05, 3.63) is 27.1 Å². The number of rotatable bonds is 2. The molecule has 1 fully saturated rings. The first kappa shape index (κ1) is 15.7. The topological polar surface area (TPSA) is 69.6 Å². The monoisotopic (exact) mass is 422 g/mol. The minimum Gasteiger partial charge on any atom is -0.480 e. The van der Waals surface area contributed by atoms with Crippen LogP contribution in [0.2, 0.25) is 0 Å². The number of urea groups is 1. The molecule has 5 nitrogen and oxygen atoms in total. The van der Waals surface area contributed by atoms with E-state index < -0.39 is 18.0 Å². The van der Waals surface area contributed by atoms with Gasteiger partial charge in [0.15, 0.2) is 0 Å². The van der Waals surface area contributed by atoms with Gasteiger partial charge in [0.1, 0.15) is 6.04 Å². The molecule has 0 bridgehead atoms. The van der Waals surface area contributed by atoms with Crippen LogP contribution >= 0.6 is 43.6 Å². The number of carboxylic acid groups (broad SMARTS) is 1. The lowest BCUT2D eigenvalue weighted by Crippen LogP contribution is -2.46. The van der Waals surface area contributed by atoms with Gasteiger partial charge in [-0.2, -0.15) is 0 Å². The Bertz CT molecular complexity index is 556. The number of nitrogens with one attached hydrogen (secondary N) is 1. The lowest BCUT2D eigenvalue weighted by atomic mass is 10.3. The molecule has 1 aromatic rings. The van der Waals surface area contributed by atoms with Crippen molar-refractivity contribution < 1.29 is 14.7 Å². The van der Waals surface area contributed by atoms with Gasteiger partial charge in [0.25, 0.3) is 0 Å². The minimum absolute atomic E-state index is 0.165. The number of anilines is 1. The molecular formula is C12H12Br2N2O3S. The number of nitrogens with zero attached hydrogens (tertiary/aromatic N) is 1. The van der Waals surface area contributed by atoms with Gasteiger partial charge in [-0.3, -0.25) is 4.90 Å². The smallest absolute Gasteiger partial charge is 0.327 e. The van der Waals surface area contributed by atoms with Crippen LogP contribution < -0.4 is 5.32 Å². The average Bonchev–Trinajstić information content (AvgIpc) is 2.76. The fourth-order valence-corrected chi connectivity index (χ4v) is 3.79. The Balaban J connectivity index is 2.18. The zero-order valence-electron chi connectivity index (χ0n) is 10.5. The summed E-state index contributed by atoms with van der Waals surface area (Å²) < 4.78 is 1.56. The predicted octanol–water partition coefficient (Wildman–Crippen LogP) is 3.59. The minimum atomic E-state index is -0.981. The number of aliphatic carboxylic acids is 1. The van der Waals surface area contributed by atoms with Gasteiger partial charge in [-0.15, -0.1) is 11.8 Å². The van der Waals surface area contributed by atoms with Crippen molar-refractivity contribution in [2.45, 2.75) is 18.3 Å². The van der Waals surface area contributed by atoms with Crippen molar-refractivity contribution in [2.24, 2.45) is 0 Å². The Morgan fingerprint density at radius 2 is 2.15 bits per heavy atom. The van der Waals surface area contributed by atoms with Gasteiger partial charge >= 0.3 is 12.0 Å². The van der Waals surface area contributed by atoms with Gasteiger partial charge in [0.05, 0.1) is 11.1 Å². The zero-order valence-corrected chi connectivity index (χ0v) is 14.5. The van der Waals surface area contributed by atoms with Gasteiger partial charge < -0.3 is 10.4 Å². The third-order valence-electron chi connectivity index (χ3n) is 2.91. The lowest BCUT2D eigenvalue weighted by molar-refractivity contribution is -0.141. The van der Waals surface area contributed by atoms with Crippen LogP contribution in [0.3, 0.4) is 0 Å². The van der Waals surface area contributed by atoms with E-state index in [1.54, 1.807) is 12.1 Å². The van der Waals surface area contributed by atoms with Crippen LogP contribution in [0, 0.1) is 0 Å². The van der Waals surface area contributed by atoms with Crippen molar-refractivity contribution in [3.63, 3.8) is 0 Å². The van der Waals surface area contributed by atoms with Crippen molar-refractivity contribution in [1.82, 2.24) is 4.90 Å². The quantitative estimate of drug-likeness (QED) is 0.762. The van der Waals surface area contributed by atoms with Crippen molar-refractivity contribution >= 4 is 61.3 Å². The van der Waals surface area contributed by atoms with Crippen LogP contribution in [0.5, 0.6) is 0 Å². The SMILES string of the molecule is CC1SCC(C(=O)O)N1C(=O)Nc1cc(Br)ccc1Br. The number of carbonyl (C=O) groups excluding carboxylic acids is 1. The summed E-state index contributed by atoms with van der Waals surface area (Å²) in [6.07, 6.45) is 0. The second-order valence-corrected chi connectivity index (χ2v) is 7.37. The van der Waals surface area contributed by atoms with Gasteiger partial charge in [-0.05, 0) is 41.1 Å². The Kier molecular flexibility index (Phi) is 4.98. The molecule has 0 aliphatic carbocycles. The number of halogens is 2. The number of carboxylic acids is 1. The van der Waals surface area contributed by atoms with E-state index in [4.69, 9.17) is 5.11 Å². The molecule has 1 aliphatic rings. The van der Waals surface area contributed by atoms with Crippen molar-refractivity contribution in [3.8, 4) is 0 Å². The Morgan fingerprint density at radius 1 is 1.45 bits per heavy atom. The van der Waals surface area contributed by atoms with Crippen LogP contribution in [-0.4, -0.2) is 39.2 Å². The highest BCUT2D eigenvalue weighted by Gasteiger charge is 2.39. The van der Waals surface area contributed by atoms with Gasteiger partial charge in [-0.1, -0.05) is 15.9 Å².